The number of nitrogens with zero attached hydrogens (tertiary/aromatic N) is 3. The summed E-state index contributed by atoms with van der Waals surface area (Å²) >= 11 is 0. The zero-order chi connectivity index (χ0) is 21.6. The Kier molecular flexibility index (Phi) is 12.5. The fourth-order valence-corrected chi connectivity index (χ4v) is 3.39. The van der Waals surface area contributed by atoms with Crippen LogP contribution in [0.4, 0.5) is 0 Å². The number of carbonyl (C=O) groups is 3. The first-order valence-electron chi connectivity index (χ1n) is 10.9. The Morgan fingerprint density at radius 2 is 1.72 bits per heavy atom. The number of rotatable bonds is 14. The van der Waals surface area contributed by atoms with Crippen LogP contribution in [0.25, 0.3) is 0 Å². The van der Waals surface area contributed by atoms with Crippen molar-refractivity contribution >= 4 is 18.2 Å². The van der Waals surface area contributed by atoms with Crippen LogP contribution in [0.1, 0.15) is 58.8 Å². The quantitative estimate of drug-likeness (QED) is 0.170. The first-order valence-corrected chi connectivity index (χ1v) is 10.9. The number of piperazine rings is 1. The van der Waals surface area contributed by atoms with Crippen molar-refractivity contribution in [2.75, 3.05) is 39.8 Å². The average molecular weight is 414 g/mol. The average Bonchev–Trinajstić information content (AvgIpc) is 2.73. The Morgan fingerprint density at radius 3 is 2.31 bits per heavy atom. The van der Waals surface area contributed by atoms with Crippen LogP contribution in [0.15, 0.2) is 0 Å². The van der Waals surface area contributed by atoms with Gasteiger partial charge in [-0.05, 0) is 19.9 Å². The number of nitrogens with one attached hydrogen (secondary N) is 2. The number of hydroxylamine groups is 2. The van der Waals surface area contributed by atoms with E-state index >= 15 is 0 Å². The number of amides is 3. The van der Waals surface area contributed by atoms with E-state index < -0.39 is 12.0 Å². The molecular weight excluding hydrogens is 374 g/mol. The molecule has 1 saturated heterocycles. The Morgan fingerprint density at radius 1 is 1.07 bits per heavy atom. The molecule has 9 heteroatoms. The van der Waals surface area contributed by atoms with Crippen LogP contribution in [0.5, 0.6) is 0 Å². The summed E-state index contributed by atoms with van der Waals surface area (Å²) in [5, 5.41) is 10.0. The van der Waals surface area contributed by atoms with Gasteiger partial charge in [-0.1, -0.05) is 46.0 Å². The largest absolute Gasteiger partial charge is 0.339 e. The van der Waals surface area contributed by atoms with Gasteiger partial charge in [-0.3, -0.25) is 25.0 Å². The van der Waals surface area contributed by atoms with Crippen molar-refractivity contribution < 1.29 is 19.6 Å². The molecule has 3 amide bonds. The molecule has 1 unspecified atom stereocenters. The standard InChI is InChI=1S/C20H39N5O4/c1-4-6-8-9-17(15-25(29)16-26)19(27)22-21-18(10-7-5-2)20(28)24-13-11-23(3)12-14-24/h16-18,21,29H,4-15H2,1-3H3,(H,22,27)/t17?,18-/m1/s1. The van der Waals surface area contributed by atoms with Crippen LogP contribution < -0.4 is 10.9 Å². The molecule has 29 heavy (non-hydrogen) atoms. The van der Waals surface area contributed by atoms with Crippen LogP contribution >= 0.6 is 0 Å². The summed E-state index contributed by atoms with van der Waals surface area (Å²) in [6.07, 6.45) is 6.17. The SMILES string of the molecule is CCCCCC(CN(O)C=O)C(=O)NN[C@H](CCCC)C(=O)N1CCN(C)CC1. The van der Waals surface area contributed by atoms with E-state index in [1.165, 1.54) is 0 Å². The molecule has 1 heterocycles. The van der Waals surface area contributed by atoms with E-state index in [0.717, 1.165) is 45.2 Å². The minimum Gasteiger partial charge on any atom is -0.339 e. The van der Waals surface area contributed by atoms with Crippen LogP contribution in [0.2, 0.25) is 0 Å². The summed E-state index contributed by atoms with van der Waals surface area (Å²) in [6, 6.07) is -0.477. The van der Waals surface area contributed by atoms with Gasteiger partial charge in [-0.15, -0.1) is 0 Å². The highest BCUT2D eigenvalue weighted by Crippen LogP contribution is 2.12. The molecule has 3 N–H and O–H groups in total. The van der Waals surface area contributed by atoms with Gasteiger partial charge in [0.2, 0.25) is 18.2 Å². The molecule has 0 spiro atoms. The summed E-state index contributed by atoms with van der Waals surface area (Å²) in [7, 11) is 2.04. The molecule has 2 atom stereocenters. The highest BCUT2D eigenvalue weighted by molar-refractivity contribution is 5.83. The van der Waals surface area contributed by atoms with Crippen LogP contribution in [-0.2, 0) is 14.4 Å². The molecule has 0 radical (unpaired) electrons. The van der Waals surface area contributed by atoms with Gasteiger partial charge in [0.05, 0.1) is 12.5 Å². The van der Waals surface area contributed by atoms with E-state index in [1.54, 1.807) is 0 Å². The molecule has 0 bridgehead atoms. The van der Waals surface area contributed by atoms with E-state index in [1.807, 2.05) is 11.9 Å². The summed E-state index contributed by atoms with van der Waals surface area (Å²) < 4.78 is 0. The van der Waals surface area contributed by atoms with Crippen LogP contribution in [0, 0.1) is 5.92 Å². The summed E-state index contributed by atoms with van der Waals surface area (Å²) in [6.45, 7) is 7.13. The van der Waals surface area contributed by atoms with Crippen molar-refractivity contribution in [3.8, 4) is 0 Å². The molecule has 1 fully saturated rings. The maximum atomic E-state index is 12.9. The predicted octanol–water partition coefficient (Wildman–Crippen LogP) is 0.984. The maximum absolute atomic E-state index is 12.9. The molecule has 9 nitrogen and oxygen atoms in total. The van der Waals surface area contributed by atoms with E-state index in [4.69, 9.17) is 0 Å². The van der Waals surface area contributed by atoms with Crippen molar-refractivity contribution in [3.63, 3.8) is 0 Å². The zero-order valence-corrected chi connectivity index (χ0v) is 18.2. The van der Waals surface area contributed by atoms with E-state index in [-0.39, 0.29) is 18.4 Å². The molecule has 0 aromatic carbocycles. The van der Waals surface area contributed by atoms with E-state index in [2.05, 4.69) is 29.6 Å². The van der Waals surface area contributed by atoms with Gasteiger partial charge < -0.3 is 9.80 Å². The minimum atomic E-state index is -0.533. The maximum Gasteiger partial charge on any atom is 0.241 e. The van der Waals surface area contributed by atoms with Gasteiger partial charge in [-0.25, -0.2) is 10.5 Å². The lowest BCUT2D eigenvalue weighted by molar-refractivity contribution is -0.154. The lowest BCUT2D eigenvalue weighted by Gasteiger charge is -2.35. The molecule has 168 valence electrons. The number of hydrazine groups is 1. The molecule has 1 rings (SSSR count). The summed E-state index contributed by atoms with van der Waals surface area (Å²) in [4.78, 5) is 40.4. The first kappa shape index (κ1) is 25.3. The molecule has 1 aliphatic rings. The smallest absolute Gasteiger partial charge is 0.241 e. The highest BCUT2D eigenvalue weighted by Gasteiger charge is 2.28. The van der Waals surface area contributed by atoms with Crippen molar-refractivity contribution in [1.82, 2.24) is 25.7 Å². The molecule has 0 aromatic heterocycles. The van der Waals surface area contributed by atoms with E-state index in [9.17, 15) is 19.6 Å². The second-order valence-electron chi connectivity index (χ2n) is 7.88. The molecule has 0 aliphatic carbocycles. The molecule has 1 aliphatic heterocycles. The Balaban J connectivity index is 2.66. The lowest BCUT2D eigenvalue weighted by atomic mass is 10.0. The Hall–Kier alpha value is -1.71. The van der Waals surface area contributed by atoms with Crippen LogP contribution in [-0.4, -0.2) is 84.1 Å². The topological polar surface area (TPSA) is 105 Å². The van der Waals surface area contributed by atoms with Gasteiger partial charge in [0, 0.05) is 26.2 Å². The minimum absolute atomic E-state index is 0.00561. The van der Waals surface area contributed by atoms with Gasteiger partial charge in [0.15, 0.2) is 0 Å². The predicted molar refractivity (Wildman–Crippen MR) is 111 cm³/mol. The lowest BCUT2D eigenvalue weighted by Crippen LogP contribution is -2.57. The highest BCUT2D eigenvalue weighted by atomic mass is 16.5. The van der Waals surface area contributed by atoms with E-state index in [0.29, 0.717) is 37.4 Å². The summed E-state index contributed by atoms with van der Waals surface area (Å²) in [5.74, 6) is -0.837. The number of unbranched alkanes of at least 4 members (excludes halogenated alkanes) is 3. The second-order valence-corrected chi connectivity index (χ2v) is 7.88. The number of hydrogen-bond acceptors (Lipinski definition) is 6. The van der Waals surface area contributed by atoms with Crippen LogP contribution in [0.3, 0.4) is 0 Å². The van der Waals surface area contributed by atoms with Gasteiger partial charge >= 0.3 is 0 Å². The number of hydrogen-bond donors (Lipinski definition) is 3. The van der Waals surface area contributed by atoms with Gasteiger partial charge in [0.25, 0.3) is 0 Å². The van der Waals surface area contributed by atoms with Crippen molar-refractivity contribution in [3.05, 3.63) is 0 Å². The zero-order valence-electron chi connectivity index (χ0n) is 18.2. The monoisotopic (exact) mass is 413 g/mol. The van der Waals surface area contributed by atoms with Crippen molar-refractivity contribution in [1.29, 1.82) is 0 Å². The third-order valence-electron chi connectivity index (χ3n) is 5.39. The van der Waals surface area contributed by atoms with Crippen molar-refractivity contribution in [2.45, 2.75) is 64.8 Å². The Bertz CT molecular complexity index is 497. The van der Waals surface area contributed by atoms with Gasteiger partial charge in [0.1, 0.15) is 6.04 Å². The fraction of sp³-hybridized carbons (Fsp3) is 0.850. The third kappa shape index (κ3) is 9.56. The van der Waals surface area contributed by atoms with Crippen molar-refractivity contribution in [2.24, 2.45) is 5.92 Å². The molecule has 0 saturated carbocycles. The normalized spacial score (nSPS) is 16.9. The fourth-order valence-electron chi connectivity index (χ4n) is 3.39. The summed E-state index contributed by atoms with van der Waals surface area (Å²) in [5.41, 5.74) is 5.61. The number of likely N-dealkylation sites (N-methyl/N-ethyl adjacent to an activating group) is 1. The molecule has 0 aromatic rings. The Labute approximate surface area is 174 Å². The van der Waals surface area contributed by atoms with Gasteiger partial charge in [-0.2, -0.15) is 0 Å². The number of carbonyl (C=O) groups excluding carboxylic acids is 3. The first-order chi connectivity index (χ1) is 13.9. The second kappa shape index (κ2) is 14.3. The third-order valence-corrected chi connectivity index (χ3v) is 5.39. The molecular formula is C20H39N5O4.